The maximum Gasteiger partial charge on any atom is 0.406 e. The van der Waals surface area contributed by atoms with Crippen molar-refractivity contribution in [2.75, 3.05) is 30.5 Å². The molecule has 0 N–H and O–H groups in total. The number of nitrogens with zero attached hydrogens (tertiary/aromatic N) is 3. The Morgan fingerprint density at radius 1 is 1.35 bits per heavy atom. The van der Waals surface area contributed by atoms with Crippen molar-refractivity contribution in [3.05, 3.63) is 11.8 Å². The average Bonchev–Trinajstić information content (AvgIpc) is 2.33. The molecule has 0 bridgehead atoms. The van der Waals surface area contributed by atoms with Gasteiger partial charge in [-0.2, -0.15) is 18.2 Å². The average molecular weight is 312 g/mol. The third kappa shape index (κ3) is 5.81. The van der Waals surface area contributed by atoms with Gasteiger partial charge in [-0.1, -0.05) is 6.92 Å². The van der Waals surface area contributed by atoms with E-state index < -0.39 is 12.7 Å². The monoisotopic (exact) mass is 311 g/mol. The van der Waals surface area contributed by atoms with E-state index in [0.29, 0.717) is 12.3 Å². The Bertz CT molecular complexity index is 429. The standard InChI is InChI=1S/C12H17ClF3N3O/c1-3-6-20-10-7-9(2)17-11(18-10)19(5-4-13)8-12(14,15)16/h7H,3-6,8H2,1-2H3. The number of hydrogen-bond donors (Lipinski definition) is 0. The summed E-state index contributed by atoms with van der Waals surface area (Å²) in [6.07, 6.45) is -3.56. The van der Waals surface area contributed by atoms with Crippen molar-refractivity contribution in [1.82, 2.24) is 9.97 Å². The summed E-state index contributed by atoms with van der Waals surface area (Å²) in [5, 5.41) is 0. The molecule has 1 aromatic heterocycles. The molecule has 0 aliphatic rings. The lowest BCUT2D eigenvalue weighted by Gasteiger charge is -2.23. The number of anilines is 1. The fraction of sp³-hybridized carbons (Fsp3) is 0.667. The highest BCUT2D eigenvalue weighted by molar-refractivity contribution is 6.18. The fourth-order valence-electron chi connectivity index (χ4n) is 1.51. The minimum Gasteiger partial charge on any atom is -0.478 e. The van der Waals surface area contributed by atoms with Crippen molar-refractivity contribution in [3.63, 3.8) is 0 Å². The van der Waals surface area contributed by atoms with Gasteiger partial charge in [0.1, 0.15) is 6.54 Å². The van der Waals surface area contributed by atoms with Gasteiger partial charge in [0.05, 0.1) is 6.61 Å². The predicted octanol–water partition coefficient (Wildman–Crippen LogP) is 3.18. The van der Waals surface area contributed by atoms with E-state index in [2.05, 4.69) is 9.97 Å². The van der Waals surface area contributed by atoms with Crippen LogP contribution in [0.25, 0.3) is 0 Å². The molecule has 0 amide bonds. The molecule has 0 saturated heterocycles. The van der Waals surface area contributed by atoms with Crippen molar-refractivity contribution in [2.24, 2.45) is 0 Å². The van der Waals surface area contributed by atoms with Crippen molar-refractivity contribution >= 4 is 17.5 Å². The van der Waals surface area contributed by atoms with Gasteiger partial charge in [-0.05, 0) is 13.3 Å². The van der Waals surface area contributed by atoms with E-state index >= 15 is 0 Å². The molecule has 114 valence electrons. The number of hydrogen-bond acceptors (Lipinski definition) is 4. The second-order valence-electron chi connectivity index (χ2n) is 4.22. The molecule has 20 heavy (non-hydrogen) atoms. The number of alkyl halides is 4. The first-order chi connectivity index (χ1) is 9.35. The van der Waals surface area contributed by atoms with Gasteiger partial charge >= 0.3 is 6.18 Å². The normalized spacial score (nSPS) is 11.5. The molecule has 0 fully saturated rings. The summed E-state index contributed by atoms with van der Waals surface area (Å²) in [6.45, 7) is 2.92. The van der Waals surface area contributed by atoms with Crippen LogP contribution in [0, 0.1) is 6.92 Å². The third-order valence-corrected chi connectivity index (χ3v) is 2.45. The summed E-state index contributed by atoms with van der Waals surface area (Å²) in [6, 6.07) is 1.59. The van der Waals surface area contributed by atoms with E-state index in [0.717, 1.165) is 11.3 Å². The van der Waals surface area contributed by atoms with E-state index in [1.165, 1.54) is 0 Å². The van der Waals surface area contributed by atoms with Gasteiger partial charge in [-0.15, -0.1) is 11.6 Å². The molecule has 0 aromatic carbocycles. The Balaban J connectivity index is 2.96. The molecule has 0 aliphatic heterocycles. The predicted molar refractivity (Wildman–Crippen MR) is 71.5 cm³/mol. The summed E-state index contributed by atoms with van der Waals surface area (Å²) in [7, 11) is 0. The Hall–Kier alpha value is -1.24. The van der Waals surface area contributed by atoms with Crippen LogP contribution in [0.5, 0.6) is 5.88 Å². The molecule has 1 rings (SSSR count). The fourth-order valence-corrected chi connectivity index (χ4v) is 1.72. The lowest BCUT2D eigenvalue weighted by molar-refractivity contribution is -0.119. The zero-order valence-corrected chi connectivity index (χ0v) is 12.1. The molecule has 0 atom stereocenters. The van der Waals surface area contributed by atoms with E-state index in [1.807, 2.05) is 6.92 Å². The quantitative estimate of drug-likeness (QED) is 0.725. The van der Waals surface area contributed by atoms with Gasteiger partial charge in [0, 0.05) is 24.2 Å². The van der Waals surface area contributed by atoms with Crippen molar-refractivity contribution < 1.29 is 17.9 Å². The van der Waals surface area contributed by atoms with Crippen molar-refractivity contribution in [3.8, 4) is 5.88 Å². The van der Waals surface area contributed by atoms with Crippen LogP contribution in [0.15, 0.2) is 6.07 Å². The van der Waals surface area contributed by atoms with Crippen LogP contribution < -0.4 is 9.64 Å². The number of ether oxygens (including phenoxy) is 1. The third-order valence-electron chi connectivity index (χ3n) is 2.28. The Kier molecular flexibility index (Phi) is 6.32. The second kappa shape index (κ2) is 7.52. The summed E-state index contributed by atoms with van der Waals surface area (Å²) < 4.78 is 43.0. The molecule has 1 heterocycles. The van der Waals surface area contributed by atoms with Gasteiger partial charge in [0.2, 0.25) is 11.8 Å². The summed E-state index contributed by atoms with van der Waals surface area (Å²) in [4.78, 5) is 9.03. The largest absolute Gasteiger partial charge is 0.478 e. The minimum atomic E-state index is -4.34. The highest BCUT2D eigenvalue weighted by Gasteiger charge is 2.32. The first-order valence-electron chi connectivity index (χ1n) is 6.22. The smallest absolute Gasteiger partial charge is 0.406 e. The number of aryl methyl sites for hydroxylation is 1. The molecular formula is C12H17ClF3N3O. The summed E-state index contributed by atoms with van der Waals surface area (Å²) >= 11 is 5.54. The molecule has 0 spiro atoms. The zero-order chi connectivity index (χ0) is 15.2. The zero-order valence-electron chi connectivity index (χ0n) is 11.4. The lowest BCUT2D eigenvalue weighted by atomic mass is 10.4. The van der Waals surface area contributed by atoms with Crippen LogP contribution in [0.3, 0.4) is 0 Å². The van der Waals surface area contributed by atoms with Crippen LogP contribution in [-0.4, -0.2) is 41.7 Å². The molecule has 0 aliphatic carbocycles. The molecule has 0 unspecified atom stereocenters. The molecule has 1 aromatic rings. The lowest BCUT2D eigenvalue weighted by Crippen LogP contribution is -2.37. The maximum atomic E-state index is 12.5. The van der Waals surface area contributed by atoms with Crippen molar-refractivity contribution in [1.29, 1.82) is 0 Å². The molecule has 4 nitrogen and oxygen atoms in total. The molecular weight excluding hydrogens is 295 g/mol. The molecule has 8 heteroatoms. The maximum absolute atomic E-state index is 12.5. The van der Waals surface area contributed by atoms with Crippen LogP contribution >= 0.6 is 11.6 Å². The van der Waals surface area contributed by atoms with Crippen LogP contribution in [0.4, 0.5) is 19.1 Å². The van der Waals surface area contributed by atoms with Crippen molar-refractivity contribution in [2.45, 2.75) is 26.4 Å². The highest BCUT2D eigenvalue weighted by atomic mass is 35.5. The molecule has 0 saturated carbocycles. The Morgan fingerprint density at radius 2 is 2.05 bits per heavy atom. The van der Waals surface area contributed by atoms with Crippen LogP contribution in [0.2, 0.25) is 0 Å². The topological polar surface area (TPSA) is 38.2 Å². The molecule has 0 radical (unpaired) electrons. The first-order valence-corrected chi connectivity index (χ1v) is 6.75. The summed E-state index contributed by atoms with van der Waals surface area (Å²) in [5.74, 6) is 0.309. The van der Waals surface area contributed by atoms with Gasteiger partial charge < -0.3 is 9.64 Å². The second-order valence-corrected chi connectivity index (χ2v) is 4.60. The SMILES string of the molecule is CCCOc1cc(C)nc(N(CCCl)CC(F)(F)F)n1. The number of rotatable bonds is 7. The number of halogens is 4. The van der Waals surface area contributed by atoms with Gasteiger partial charge in [-0.25, -0.2) is 4.98 Å². The van der Waals surface area contributed by atoms with E-state index in [4.69, 9.17) is 16.3 Å². The van der Waals surface area contributed by atoms with Gasteiger partial charge in [-0.3, -0.25) is 0 Å². The van der Waals surface area contributed by atoms with Gasteiger partial charge in [0.25, 0.3) is 0 Å². The van der Waals surface area contributed by atoms with E-state index in [9.17, 15) is 13.2 Å². The Morgan fingerprint density at radius 3 is 2.60 bits per heavy atom. The highest BCUT2D eigenvalue weighted by Crippen LogP contribution is 2.21. The first kappa shape index (κ1) is 16.8. The number of aromatic nitrogens is 2. The van der Waals surface area contributed by atoms with E-state index in [1.54, 1.807) is 13.0 Å². The van der Waals surface area contributed by atoms with E-state index in [-0.39, 0.29) is 24.3 Å². The Labute approximate surface area is 120 Å². The minimum absolute atomic E-state index is 0.0116. The van der Waals surface area contributed by atoms with Crippen LogP contribution in [0.1, 0.15) is 19.0 Å². The summed E-state index contributed by atoms with van der Waals surface area (Å²) in [5.41, 5.74) is 0.544. The van der Waals surface area contributed by atoms with Crippen LogP contribution in [-0.2, 0) is 0 Å². The van der Waals surface area contributed by atoms with Gasteiger partial charge in [0.15, 0.2) is 0 Å².